The van der Waals surface area contributed by atoms with Crippen LogP contribution in [0.5, 0.6) is 0 Å². The number of imidazole rings is 1. The summed E-state index contributed by atoms with van der Waals surface area (Å²) < 4.78 is 2.38. The van der Waals surface area contributed by atoms with Crippen molar-refractivity contribution >= 4 is 11.8 Å². The van der Waals surface area contributed by atoms with E-state index in [0.717, 1.165) is 11.2 Å². The first kappa shape index (κ1) is 10.7. The number of fused-ring (bicyclic) bond motifs is 1. The average molecular weight is 236 g/mol. The van der Waals surface area contributed by atoms with E-state index >= 15 is 0 Å². The summed E-state index contributed by atoms with van der Waals surface area (Å²) >= 11 is 2.13. The highest BCUT2D eigenvalue weighted by Gasteiger charge is 2.21. The topological polar surface area (TPSA) is 17.8 Å². The Bertz CT molecular complexity index is 366. The molecule has 0 spiro atoms. The van der Waals surface area contributed by atoms with Crippen molar-refractivity contribution in [1.82, 2.24) is 9.55 Å². The zero-order chi connectivity index (χ0) is 11.0. The second-order valence-electron chi connectivity index (χ2n) is 5.28. The molecule has 0 bridgehead atoms. The van der Waals surface area contributed by atoms with Gasteiger partial charge >= 0.3 is 0 Å². The molecule has 0 aliphatic carbocycles. The highest BCUT2D eigenvalue weighted by atomic mass is 32.2. The Hall–Kier alpha value is -0.440. The first-order valence-electron chi connectivity index (χ1n) is 6.48. The Morgan fingerprint density at radius 3 is 3.25 bits per heavy atom. The Kier molecular flexibility index (Phi) is 2.97. The maximum Gasteiger partial charge on any atom is 0.109 e. The van der Waals surface area contributed by atoms with Crippen molar-refractivity contribution in [2.75, 3.05) is 5.75 Å². The number of nitrogens with zero attached hydrogens (tertiary/aromatic N) is 2. The Labute approximate surface area is 102 Å². The summed E-state index contributed by atoms with van der Waals surface area (Å²) in [6, 6.07) is 0. The largest absolute Gasteiger partial charge is 0.335 e. The summed E-state index contributed by atoms with van der Waals surface area (Å²) in [7, 11) is 0. The van der Waals surface area contributed by atoms with Crippen molar-refractivity contribution in [3.05, 3.63) is 17.7 Å². The van der Waals surface area contributed by atoms with Crippen LogP contribution >= 0.6 is 11.8 Å². The van der Waals surface area contributed by atoms with Gasteiger partial charge < -0.3 is 4.57 Å². The first-order valence-corrected chi connectivity index (χ1v) is 7.52. The normalized spacial score (nSPS) is 29.3. The van der Waals surface area contributed by atoms with E-state index in [4.69, 9.17) is 4.98 Å². The fourth-order valence-electron chi connectivity index (χ4n) is 2.78. The van der Waals surface area contributed by atoms with Crippen molar-refractivity contribution in [2.24, 2.45) is 5.92 Å². The third kappa shape index (κ3) is 2.15. The summed E-state index contributed by atoms with van der Waals surface area (Å²) in [6.07, 6.45) is 8.79. The molecule has 2 atom stereocenters. The minimum atomic E-state index is 0.823. The zero-order valence-corrected chi connectivity index (χ0v) is 10.8. The van der Waals surface area contributed by atoms with Gasteiger partial charge in [-0.05, 0) is 30.9 Å². The van der Waals surface area contributed by atoms with E-state index in [-0.39, 0.29) is 0 Å². The third-order valence-electron chi connectivity index (χ3n) is 3.76. The summed E-state index contributed by atoms with van der Waals surface area (Å²) in [4.78, 5) is 4.81. The van der Waals surface area contributed by atoms with Crippen LogP contribution in [0.15, 0.2) is 6.20 Å². The van der Waals surface area contributed by atoms with Crippen molar-refractivity contribution < 1.29 is 0 Å². The molecule has 0 radical (unpaired) electrons. The summed E-state index contributed by atoms with van der Waals surface area (Å²) in [5.74, 6) is 3.51. The molecule has 1 aromatic rings. The van der Waals surface area contributed by atoms with Crippen molar-refractivity contribution in [1.29, 1.82) is 0 Å². The van der Waals surface area contributed by atoms with Gasteiger partial charge in [-0.25, -0.2) is 4.98 Å². The zero-order valence-electron chi connectivity index (χ0n) is 9.98. The van der Waals surface area contributed by atoms with Gasteiger partial charge in [0.2, 0.25) is 0 Å². The van der Waals surface area contributed by atoms with E-state index in [1.54, 1.807) is 0 Å². The Morgan fingerprint density at radius 2 is 2.44 bits per heavy atom. The van der Waals surface area contributed by atoms with Gasteiger partial charge in [0.1, 0.15) is 5.82 Å². The van der Waals surface area contributed by atoms with Gasteiger partial charge in [-0.3, -0.25) is 0 Å². The van der Waals surface area contributed by atoms with E-state index < -0.39 is 0 Å². The lowest BCUT2D eigenvalue weighted by molar-refractivity contribution is 0.409. The van der Waals surface area contributed by atoms with Crippen molar-refractivity contribution in [3.63, 3.8) is 0 Å². The van der Waals surface area contributed by atoms with Crippen LogP contribution in [0.3, 0.4) is 0 Å². The predicted octanol–water partition coefficient (Wildman–Crippen LogP) is 2.90. The minimum Gasteiger partial charge on any atom is -0.335 e. The van der Waals surface area contributed by atoms with Crippen LogP contribution in [0, 0.1) is 5.92 Å². The van der Waals surface area contributed by atoms with Crippen LogP contribution in [0.25, 0.3) is 0 Å². The minimum absolute atomic E-state index is 0.823. The van der Waals surface area contributed by atoms with Crippen LogP contribution < -0.4 is 0 Å². The van der Waals surface area contributed by atoms with E-state index in [1.165, 1.54) is 55.9 Å². The molecule has 88 valence electrons. The molecule has 16 heavy (non-hydrogen) atoms. The SMILES string of the molecule is CC1CCn2cc(CC3CCCS3)nc2C1. The molecule has 2 nitrogen and oxygen atoms in total. The second-order valence-corrected chi connectivity index (χ2v) is 6.69. The number of hydrogen-bond donors (Lipinski definition) is 0. The Morgan fingerprint density at radius 1 is 1.50 bits per heavy atom. The van der Waals surface area contributed by atoms with E-state index in [2.05, 4.69) is 29.4 Å². The van der Waals surface area contributed by atoms with Gasteiger partial charge in [0.25, 0.3) is 0 Å². The maximum absolute atomic E-state index is 4.81. The fraction of sp³-hybridized carbons (Fsp3) is 0.769. The van der Waals surface area contributed by atoms with Gasteiger partial charge in [0, 0.05) is 30.8 Å². The van der Waals surface area contributed by atoms with Crippen LogP contribution in [0.1, 0.15) is 37.7 Å². The Balaban J connectivity index is 1.71. The third-order valence-corrected chi connectivity index (χ3v) is 5.16. The number of thioether (sulfide) groups is 1. The van der Waals surface area contributed by atoms with Gasteiger partial charge in [0.05, 0.1) is 5.69 Å². The monoisotopic (exact) mass is 236 g/mol. The van der Waals surface area contributed by atoms with E-state index in [0.29, 0.717) is 0 Å². The molecule has 3 rings (SSSR count). The number of rotatable bonds is 2. The molecule has 0 amide bonds. The van der Waals surface area contributed by atoms with Crippen LogP contribution in [0.4, 0.5) is 0 Å². The molecular weight excluding hydrogens is 216 g/mol. The quantitative estimate of drug-likeness (QED) is 0.786. The van der Waals surface area contributed by atoms with Gasteiger partial charge in [-0.1, -0.05) is 6.92 Å². The first-order chi connectivity index (χ1) is 7.81. The molecule has 1 saturated heterocycles. The number of aryl methyl sites for hydroxylation is 1. The lowest BCUT2D eigenvalue weighted by atomic mass is 10.0. The molecule has 1 aromatic heterocycles. The summed E-state index contributed by atoms with van der Waals surface area (Å²) in [6.45, 7) is 3.52. The molecule has 3 heterocycles. The molecule has 2 aliphatic heterocycles. The van der Waals surface area contributed by atoms with E-state index in [9.17, 15) is 0 Å². The number of hydrogen-bond acceptors (Lipinski definition) is 2. The molecule has 2 unspecified atom stereocenters. The maximum atomic E-state index is 4.81. The van der Waals surface area contributed by atoms with Crippen molar-refractivity contribution in [2.45, 2.75) is 50.8 Å². The second kappa shape index (κ2) is 4.44. The van der Waals surface area contributed by atoms with E-state index in [1.807, 2.05) is 0 Å². The van der Waals surface area contributed by atoms with Gasteiger partial charge in [-0.2, -0.15) is 11.8 Å². The molecule has 3 heteroatoms. The number of aromatic nitrogens is 2. The highest BCUT2D eigenvalue weighted by molar-refractivity contribution is 8.00. The lowest BCUT2D eigenvalue weighted by Gasteiger charge is -2.18. The molecular formula is C13H20N2S. The van der Waals surface area contributed by atoms with Gasteiger partial charge in [0.15, 0.2) is 0 Å². The molecule has 2 aliphatic rings. The lowest BCUT2D eigenvalue weighted by Crippen LogP contribution is -2.16. The highest BCUT2D eigenvalue weighted by Crippen LogP contribution is 2.29. The fourth-order valence-corrected chi connectivity index (χ4v) is 4.07. The average Bonchev–Trinajstić information content (AvgIpc) is 2.86. The summed E-state index contributed by atoms with van der Waals surface area (Å²) in [5, 5.41) is 0.842. The predicted molar refractivity (Wildman–Crippen MR) is 68.9 cm³/mol. The van der Waals surface area contributed by atoms with Crippen molar-refractivity contribution in [3.8, 4) is 0 Å². The molecule has 0 aromatic carbocycles. The van der Waals surface area contributed by atoms with Crippen LogP contribution in [-0.4, -0.2) is 20.6 Å². The van der Waals surface area contributed by atoms with Crippen LogP contribution in [-0.2, 0) is 19.4 Å². The van der Waals surface area contributed by atoms with Gasteiger partial charge in [-0.15, -0.1) is 0 Å². The summed E-state index contributed by atoms with van der Waals surface area (Å²) in [5.41, 5.74) is 1.34. The smallest absolute Gasteiger partial charge is 0.109 e. The standard InChI is InChI=1S/C13H20N2S/c1-10-4-5-15-9-11(14-13(15)7-10)8-12-3-2-6-16-12/h9-10,12H,2-8H2,1H3. The molecule has 1 fully saturated rings. The molecule has 0 saturated carbocycles. The van der Waals surface area contributed by atoms with Crippen LogP contribution in [0.2, 0.25) is 0 Å². The molecule has 0 N–H and O–H groups in total.